The summed E-state index contributed by atoms with van der Waals surface area (Å²) in [4.78, 5) is 98.2. The predicted octanol–water partition coefficient (Wildman–Crippen LogP) is 9.16. The fraction of sp³-hybridized carbons (Fsp3) is 0.469. The maximum atomic E-state index is 12.0. The van der Waals surface area contributed by atoms with Gasteiger partial charge < -0.3 is 24.2 Å². The largest absolute Gasteiger partial charge is 0.382 e. The average molecular weight is 1110 g/mol. The lowest BCUT2D eigenvalue weighted by Gasteiger charge is -2.15. The van der Waals surface area contributed by atoms with Gasteiger partial charge in [-0.3, -0.25) is 33.9 Å². The third kappa shape index (κ3) is 31.0. The molecule has 0 atom stereocenters. The molecular formula is C49H75Cl3N6O11Si3. The van der Waals surface area contributed by atoms with Gasteiger partial charge in [-0.2, -0.15) is 0 Å². The molecule has 0 amide bonds. The summed E-state index contributed by atoms with van der Waals surface area (Å²) in [5, 5.41) is 0.634. The zero-order valence-electron chi connectivity index (χ0n) is 44.2. The number of benzene rings is 2. The van der Waals surface area contributed by atoms with Crippen LogP contribution in [0.1, 0.15) is 51.3 Å². The lowest BCUT2D eigenvalue weighted by atomic mass is 10.2. The molecule has 72 heavy (non-hydrogen) atoms. The van der Waals surface area contributed by atoms with Gasteiger partial charge in [0.25, 0.3) is 27.8 Å². The number of hydrogen-bond acceptors (Lipinski definition) is 11. The molecular weight excluding hydrogens is 1040 g/mol. The van der Waals surface area contributed by atoms with Crippen molar-refractivity contribution in [1.82, 2.24) is 29.1 Å². The van der Waals surface area contributed by atoms with Gasteiger partial charge in [0.15, 0.2) is 0 Å². The van der Waals surface area contributed by atoms with Gasteiger partial charge >= 0.3 is 17.1 Å². The molecule has 0 saturated heterocycles. The molecule has 3 heterocycles. The monoisotopic (exact) mass is 1110 g/mol. The van der Waals surface area contributed by atoms with Gasteiger partial charge in [-0.25, -0.2) is 23.5 Å². The van der Waals surface area contributed by atoms with Crippen molar-refractivity contribution in [2.75, 3.05) is 33.0 Å². The Bertz CT molecular complexity index is 2750. The summed E-state index contributed by atoms with van der Waals surface area (Å²) in [7, 11) is -2.77. The first-order valence-corrected chi connectivity index (χ1v) is 35.5. The van der Waals surface area contributed by atoms with Gasteiger partial charge in [0.1, 0.15) is 6.73 Å². The Balaban J connectivity index is 0.000000866. The number of halogens is 3. The number of aryl methyl sites for hydroxylation is 3. The third-order valence-corrected chi connectivity index (χ3v) is 15.2. The van der Waals surface area contributed by atoms with Gasteiger partial charge in [0.05, 0.1) is 0 Å². The van der Waals surface area contributed by atoms with E-state index in [0.29, 0.717) is 38.9 Å². The van der Waals surface area contributed by atoms with Crippen molar-refractivity contribution in [1.29, 1.82) is 0 Å². The van der Waals surface area contributed by atoms with E-state index < -0.39 is 58.0 Å². The first-order valence-electron chi connectivity index (χ1n) is 23.2. The summed E-state index contributed by atoms with van der Waals surface area (Å²) < 4.78 is 17.8. The molecule has 0 unspecified atom stereocenters. The van der Waals surface area contributed by atoms with Gasteiger partial charge in [-0.05, 0) is 113 Å². The van der Waals surface area contributed by atoms with Crippen molar-refractivity contribution in [3.8, 4) is 0 Å². The van der Waals surface area contributed by atoms with Crippen LogP contribution in [0.25, 0.3) is 0 Å². The number of rotatable bonds is 15. The van der Waals surface area contributed by atoms with Crippen LogP contribution in [0.5, 0.6) is 0 Å². The van der Waals surface area contributed by atoms with Crippen LogP contribution in [0, 0.1) is 20.8 Å². The molecule has 0 radical (unpaired) electrons. The maximum Gasteiger partial charge on any atom is 0.335 e. The van der Waals surface area contributed by atoms with Crippen molar-refractivity contribution in [2.45, 2.75) is 118 Å². The Morgan fingerprint density at radius 3 is 1.38 bits per heavy atom. The minimum atomic E-state index is -1.13. The molecule has 0 saturated carbocycles. The van der Waals surface area contributed by atoms with Crippen LogP contribution in [0.2, 0.25) is 87.1 Å². The Kier molecular flexibility index (Phi) is 31.6. The van der Waals surface area contributed by atoms with Crippen molar-refractivity contribution < 1.29 is 23.8 Å². The fourth-order valence-corrected chi connectivity index (χ4v) is 7.47. The number of aromatic amines is 4. The summed E-state index contributed by atoms with van der Waals surface area (Å²) in [5.74, 6) is -0.518. The van der Waals surface area contributed by atoms with E-state index in [4.69, 9.17) is 49.0 Å². The molecule has 0 fully saturated rings. The molecule has 23 heteroatoms. The quantitative estimate of drug-likeness (QED) is 0.0438. The standard InChI is InChI=1S/C12H9ClN2O3.C11H20N2O3Si.C7H4Cl2O.2C7H18OSi.C5H6N2O2/c1-7-6-15(12(18)14-10(7)16)11(17)8-2-4-9(13)5-3-8;1-9-7-12-11(15)13(10(9)14)8-16-5-6-17(2,3)4;8-6-3-1-5(2-4-6)7(9)10;2*1-5-8-6-7-9(2,3)4;1-3-2-6-5(9)7-4(3)8/h2-6H,1H3,(H,14,16,18);7H,5-6,8H2,1-4H3,(H,12,15);1-4H;2*5-7H2,1-4H3;2H,1H3,(H2,6,7,8,9). The summed E-state index contributed by atoms with van der Waals surface area (Å²) in [6.45, 7) is 34.1. The van der Waals surface area contributed by atoms with Gasteiger partial charge in [-0.15, -0.1) is 0 Å². The van der Waals surface area contributed by atoms with E-state index in [0.717, 1.165) is 41.6 Å². The number of nitrogens with zero attached hydrogens (tertiary/aromatic N) is 2. The van der Waals surface area contributed by atoms with Crippen LogP contribution < -0.4 is 33.7 Å². The Morgan fingerprint density at radius 1 is 0.556 bits per heavy atom. The Morgan fingerprint density at radius 2 is 0.972 bits per heavy atom. The van der Waals surface area contributed by atoms with Crippen molar-refractivity contribution >= 4 is 70.2 Å². The zero-order valence-corrected chi connectivity index (χ0v) is 49.5. The summed E-state index contributed by atoms with van der Waals surface area (Å²) in [6.07, 6.45) is 4.02. The number of carbonyl (C=O) groups excluding carboxylic acids is 2. The summed E-state index contributed by atoms with van der Waals surface area (Å²) >= 11 is 16.4. The predicted molar refractivity (Wildman–Crippen MR) is 301 cm³/mol. The smallest absolute Gasteiger partial charge is 0.335 e. The second-order valence-electron chi connectivity index (χ2n) is 19.7. The Hall–Kier alpha value is -4.78. The van der Waals surface area contributed by atoms with Crippen LogP contribution >= 0.6 is 34.8 Å². The Labute approximate surface area is 439 Å². The minimum Gasteiger partial charge on any atom is -0.382 e. The molecule has 0 aliphatic heterocycles. The van der Waals surface area contributed by atoms with Gasteiger partial charge in [0.2, 0.25) is 0 Å². The first-order chi connectivity index (χ1) is 33.3. The van der Waals surface area contributed by atoms with E-state index in [1.54, 1.807) is 50.2 Å². The second-order valence-corrected chi connectivity index (χ2v) is 37.7. The molecule has 4 N–H and O–H groups in total. The molecule has 3 aromatic heterocycles. The lowest BCUT2D eigenvalue weighted by molar-refractivity contribution is 0.0814. The number of carbonyl (C=O) groups is 2. The third-order valence-electron chi connectivity index (χ3n) is 9.36. The molecule has 0 bridgehead atoms. The van der Waals surface area contributed by atoms with Crippen LogP contribution in [0.3, 0.4) is 0 Å². The molecule has 0 aliphatic rings. The highest BCUT2D eigenvalue weighted by Crippen LogP contribution is 2.12. The van der Waals surface area contributed by atoms with E-state index in [-0.39, 0.29) is 23.4 Å². The highest BCUT2D eigenvalue weighted by molar-refractivity contribution is 6.76. The van der Waals surface area contributed by atoms with Crippen LogP contribution in [-0.4, -0.2) is 97.5 Å². The van der Waals surface area contributed by atoms with Crippen LogP contribution in [0.15, 0.2) is 95.9 Å². The van der Waals surface area contributed by atoms with E-state index in [9.17, 15) is 38.4 Å². The van der Waals surface area contributed by atoms with Crippen LogP contribution in [-0.2, 0) is 20.9 Å². The number of hydrogen-bond donors (Lipinski definition) is 4. The van der Waals surface area contributed by atoms with E-state index in [2.05, 4.69) is 78.9 Å². The number of nitrogens with one attached hydrogen (secondary N) is 4. The average Bonchev–Trinajstić information content (AvgIpc) is 3.28. The van der Waals surface area contributed by atoms with E-state index >= 15 is 0 Å². The van der Waals surface area contributed by atoms with Crippen molar-refractivity contribution in [3.63, 3.8) is 0 Å². The molecule has 5 aromatic rings. The topological polar surface area (TPSA) is 237 Å². The highest BCUT2D eigenvalue weighted by Gasteiger charge is 2.14. The normalized spacial score (nSPS) is 10.8. The second kappa shape index (κ2) is 33.9. The number of H-pyrrole nitrogens is 4. The SMILES string of the molecule is CCOCC[Si](C)(C)C.CCOCC[Si](C)(C)C.Cc1c[nH]c(=O)[nH]c1=O.Cc1c[nH]c(=O)n(COCC[Si](C)(C)C)c1=O.Cc1cn(C(=O)c2ccc(Cl)cc2)c(=O)[nH]c1=O.O=C(Cl)c1ccc(Cl)cc1. The molecule has 0 aliphatic carbocycles. The molecule has 400 valence electrons. The zero-order chi connectivity index (χ0) is 55.4. The first kappa shape index (κ1) is 67.2. The summed E-state index contributed by atoms with van der Waals surface area (Å²) in [5.41, 5.74) is -0.686. The van der Waals surface area contributed by atoms with Gasteiger partial charge in [0, 0.05) is 114 Å². The van der Waals surface area contributed by atoms with Crippen molar-refractivity contribution in [3.05, 3.63) is 167 Å². The maximum absolute atomic E-state index is 12.0. The molecule has 0 spiro atoms. The fourth-order valence-electron chi connectivity index (χ4n) is 4.82. The molecule has 5 rings (SSSR count). The number of ether oxygens (including phenoxy) is 3. The highest BCUT2D eigenvalue weighted by atomic mass is 35.5. The summed E-state index contributed by atoms with van der Waals surface area (Å²) in [6, 6.07) is 16.1. The van der Waals surface area contributed by atoms with Gasteiger partial charge in [-0.1, -0.05) is 82.1 Å². The van der Waals surface area contributed by atoms with E-state index in [1.165, 1.54) is 49.7 Å². The van der Waals surface area contributed by atoms with Crippen LogP contribution in [0.4, 0.5) is 0 Å². The number of aromatic nitrogens is 6. The lowest BCUT2D eigenvalue weighted by Crippen LogP contribution is -2.37. The molecule has 2 aromatic carbocycles. The van der Waals surface area contributed by atoms with E-state index in [1.807, 2.05) is 13.8 Å². The minimum absolute atomic E-state index is 0.0281. The van der Waals surface area contributed by atoms with Crippen molar-refractivity contribution in [2.24, 2.45) is 0 Å². The molecule has 17 nitrogen and oxygen atoms in total.